The summed E-state index contributed by atoms with van der Waals surface area (Å²) in [6.45, 7) is 6.18. The molecule has 160 valence electrons. The van der Waals surface area contributed by atoms with Gasteiger partial charge < -0.3 is 14.8 Å². The molecule has 31 heavy (non-hydrogen) atoms. The van der Waals surface area contributed by atoms with Gasteiger partial charge in [-0.1, -0.05) is 56.3 Å². The zero-order chi connectivity index (χ0) is 22.2. The Hall–Kier alpha value is -3.60. The van der Waals surface area contributed by atoms with Crippen LogP contribution in [0.3, 0.4) is 0 Å². The molecule has 0 bridgehead atoms. The number of ether oxygens (including phenoxy) is 2. The van der Waals surface area contributed by atoms with Crippen LogP contribution in [0.5, 0.6) is 11.5 Å². The van der Waals surface area contributed by atoms with Gasteiger partial charge in [-0.25, -0.2) is 4.79 Å². The van der Waals surface area contributed by atoms with Crippen LogP contribution in [-0.2, 0) is 4.79 Å². The van der Waals surface area contributed by atoms with Crippen molar-refractivity contribution >= 4 is 11.9 Å². The van der Waals surface area contributed by atoms with Gasteiger partial charge in [0.25, 0.3) is 5.91 Å². The first-order chi connectivity index (χ1) is 15.0. The molecule has 5 nitrogen and oxygen atoms in total. The van der Waals surface area contributed by atoms with Gasteiger partial charge in [-0.05, 0) is 60.4 Å². The molecule has 0 unspecified atom stereocenters. The van der Waals surface area contributed by atoms with Crippen LogP contribution in [0.15, 0.2) is 78.9 Å². The van der Waals surface area contributed by atoms with Gasteiger partial charge in [-0.2, -0.15) is 0 Å². The Morgan fingerprint density at radius 2 is 1.39 bits per heavy atom. The van der Waals surface area contributed by atoms with E-state index in [1.807, 2.05) is 63.2 Å². The normalized spacial score (nSPS) is 11.6. The zero-order valence-electron chi connectivity index (χ0n) is 18.0. The molecule has 0 saturated heterocycles. The van der Waals surface area contributed by atoms with Crippen LogP contribution >= 0.6 is 0 Å². The number of benzene rings is 3. The van der Waals surface area contributed by atoms with E-state index in [1.54, 1.807) is 36.4 Å². The summed E-state index contributed by atoms with van der Waals surface area (Å²) >= 11 is 0. The van der Waals surface area contributed by atoms with Crippen LogP contribution in [0.25, 0.3) is 11.1 Å². The molecule has 5 heteroatoms. The van der Waals surface area contributed by atoms with Crippen molar-refractivity contribution in [3.8, 4) is 22.6 Å². The van der Waals surface area contributed by atoms with Gasteiger partial charge in [0.15, 0.2) is 0 Å². The van der Waals surface area contributed by atoms with Crippen molar-refractivity contribution in [2.24, 2.45) is 5.92 Å². The molecule has 1 atom stereocenters. The molecule has 0 aliphatic rings. The van der Waals surface area contributed by atoms with E-state index in [4.69, 9.17) is 9.47 Å². The predicted octanol–water partition coefficient (Wildman–Crippen LogP) is 5.11. The van der Waals surface area contributed by atoms with Crippen LogP contribution in [0.2, 0.25) is 0 Å². The Morgan fingerprint density at radius 1 is 0.806 bits per heavy atom. The Labute approximate surface area is 183 Å². The van der Waals surface area contributed by atoms with Gasteiger partial charge in [-0.15, -0.1) is 0 Å². The minimum absolute atomic E-state index is 0.136. The van der Waals surface area contributed by atoms with Crippen molar-refractivity contribution in [1.29, 1.82) is 0 Å². The summed E-state index contributed by atoms with van der Waals surface area (Å²) in [5.74, 6) is 0.158. The van der Waals surface area contributed by atoms with Gasteiger partial charge in [0, 0.05) is 5.56 Å². The zero-order valence-corrected chi connectivity index (χ0v) is 18.0. The second-order valence-corrected chi connectivity index (χ2v) is 7.46. The first-order valence-electron chi connectivity index (χ1n) is 10.4. The van der Waals surface area contributed by atoms with Gasteiger partial charge in [0.2, 0.25) is 0 Å². The largest absolute Gasteiger partial charge is 0.494 e. The van der Waals surface area contributed by atoms with Crippen molar-refractivity contribution in [2.45, 2.75) is 26.8 Å². The molecule has 0 fully saturated rings. The maximum absolute atomic E-state index is 12.8. The van der Waals surface area contributed by atoms with Crippen molar-refractivity contribution in [2.75, 3.05) is 6.61 Å². The van der Waals surface area contributed by atoms with Crippen LogP contribution in [0.4, 0.5) is 0 Å². The highest BCUT2D eigenvalue weighted by molar-refractivity contribution is 5.97. The molecule has 0 heterocycles. The van der Waals surface area contributed by atoms with E-state index in [9.17, 15) is 9.59 Å². The lowest BCUT2D eigenvalue weighted by atomic mass is 10.0. The van der Waals surface area contributed by atoms with E-state index in [1.165, 1.54) is 0 Å². The number of hydrogen-bond donors (Lipinski definition) is 1. The SMILES string of the molecule is CCOc1ccc(C(=O)N[C@H](C(=O)Oc2ccc(-c3ccccc3)cc2)C(C)C)cc1. The minimum atomic E-state index is -0.770. The summed E-state index contributed by atoms with van der Waals surface area (Å²) in [5.41, 5.74) is 2.57. The Morgan fingerprint density at radius 3 is 1.97 bits per heavy atom. The van der Waals surface area contributed by atoms with Crippen molar-refractivity contribution in [3.63, 3.8) is 0 Å². The molecule has 0 aliphatic heterocycles. The molecule has 1 amide bonds. The smallest absolute Gasteiger partial charge is 0.334 e. The van der Waals surface area contributed by atoms with Gasteiger partial charge in [-0.3, -0.25) is 4.79 Å². The summed E-state index contributed by atoms with van der Waals surface area (Å²) in [6, 6.07) is 23.3. The quantitative estimate of drug-likeness (QED) is 0.408. The lowest BCUT2D eigenvalue weighted by molar-refractivity contribution is -0.137. The highest BCUT2D eigenvalue weighted by atomic mass is 16.5. The molecule has 3 rings (SSSR count). The van der Waals surface area contributed by atoms with E-state index in [2.05, 4.69) is 5.32 Å². The number of nitrogens with one attached hydrogen (secondary N) is 1. The Bertz CT molecular complexity index is 996. The Balaban J connectivity index is 1.65. The van der Waals surface area contributed by atoms with E-state index in [0.29, 0.717) is 23.7 Å². The second-order valence-electron chi connectivity index (χ2n) is 7.46. The standard InChI is InChI=1S/C26H27NO4/c1-4-30-22-14-12-21(13-15-22)25(28)27-24(18(2)3)26(29)31-23-16-10-20(11-17-23)19-8-6-5-7-9-19/h5-18,24H,4H2,1-3H3,(H,27,28)/t24-/m0/s1. The van der Waals surface area contributed by atoms with E-state index in [0.717, 1.165) is 11.1 Å². The summed E-state index contributed by atoms with van der Waals surface area (Å²) in [7, 11) is 0. The minimum Gasteiger partial charge on any atom is -0.494 e. The van der Waals surface area contributed by atoms with E-state index < -0.39 is 12.0 Å². The van der Waals surface area contributed by atoms with Crippen molar-refractivity contribution in [1.82, 2.24) is 5.32 Å². The molecule has 0 aromatic heterocycles. The first-order valence-corrected chi connectivity index (χ1v) is 10.4. The topological polar surface area (TPSA) is 64.6 Å². The molecule has 3 aromatic rings. The average molecular weight is 418 g/mol. The van der Waals surface area contributed by atoms with E-state index >= 15 is 0 Å². The van der Waals surface area contributed by atoms with Crippen molar-refractivity contribution < 1.29 is 19.1 Å². The highest BCUT2D eigenvalue weighted by Gasteiger charge is 2.26. The number of rotatable bonds is 8. The lowest BCUT2D eigenvalue weighted by Gasteiger charge is -2.21. The molecule has 0 aliphatic carbocycles. The van der Waals surface area contributed by atoms with Gasteiger partial charge in [0.05, 0.1) is 6.61 Å². The molecule has 0 saturated carbocycles. The van der Waals surface area contributed by atoms with Crippen LogP contribution in [-0.4, -0.2) is 24.5 Å². The molecular formula is C26H27NO4. The summed E-state index contributed by atoms with van der Waals surface area (Å²) in [6.07, 6.45) is 0. The highest BCUT2D eigenvalue weighted by Crippen LogP contribution is 2.22. The Kier molecular flexibility index (Phi) is 7.44. The number of carbonyl (C=O) groups is 2. The number of esters is 1. The lowest BCUT2D eigenvalue weighted by Crippen LogP contribution is -2.46. The monoisotopic (exact) mass is 417 g/mol. The molecule has 1 N–H and O–H groups in total. The number of amides is 1. The predicted molar refractivity (Wildman–Crippen MR) is 121 cm³/mol. The second kappa shape index (κ2) is 10.4. The fourth-order valence-electron chi connectivity index (χ4n) is 3.12. The third kappa shape index (κ3) is 5.95. The third-order valence-electron chi connectivity index (χ3n) is 4.81. The van der Waals surface area contributed by atoms with Crippen LogP contribution < -0.4 is 14.8 Å². The first kappa shape index (κ1) is 22.1. The van der Waals surface area contributed by atoms with Gasteiger partial charge in [0.1, 0.15) is 17.5 Å². The third-order valence-corrected chi connectivity index (χ3v) is 4.81. The average Bonchev–Trinajstić information content (AvgIpc) is 2.79. The van der Waals surface area contributed by atoms with E-state index in [-0.39, 0.29) is 11.8 Å². The fraction of sp³-hybridized carbons (Fsp3) is 0.231. The van der Waals surface area contributed by atoms with Crippen molar-refractivity contribution in [3.05, 3.63) is 84.4 Å². The maximum atomic E-state index is 12.8. The molecular weight excluding hydrogens is 390 g/mol. The maximum Gasteiger partial charge on any atom is 0.334 e. The molecule has 0 spiro atoms. The number of carbonyl (C=O) groups excluding carboxylic acids is 2. The summed E-state index contributed by atoms with van der Waals surface area (Å²) in [4.78, 5) is 25.4. The van der Waals surface area contributed by atoms with Gasteiger partial charge >= 0.3 is 5.97 Å². The molecule has 0 radical (unpaired) electrons. The summed E-state index contributed by atoms with van der Waals surface area (Å²) in [5, 5.41) is 2.79. The van der Waals surface area contributed by atoms with Crippen LogP contribution in [0.1, 0.15) is 31.1 Å². The summed E-state index contributed by atoms with van der Waals surface area (Å²) < 4.78 is 10.9. The number of hydrogen-bond acceptors (Lipinski definition) is 4. The van der Waals surface area contributed by atoms with Crippen LogP contribution in [0, 0.1) is 5.92 Å². The molecule has 3 aromatic carbocycles. The fourth-order valence-corrected chi connectivity index (χ4v) is 3.12.